The van der Waals surface area contributed by atoms with Gasteiger partial charge < -0.3 is 10.8 Å². The first-order valence-electron chi connectivity index (χ1n) is 5.68. The molecule has 2 nitrogen and oxygen atoms in total. The molecule has 2 heteroatoms. The van der Waals surface area contributed by atoms with Gasteiger partial charge in [0, 0.05) is 0 Å². The zero-order valence-corrected chi connectivity index (χ0v) is 9.88. The van der Waals surface area contributed by atoms with Crippen molar-refractivity contribution >= 4 is 5.69 Å². The topological polar surface area (TPSA) is 46.2 Å². The number of benzene rings is 1. The van der Waals surface area contributed by atoms with E-state index in [1.165, 1.54) is 5.56 Å². The highest BCUT2D eigenvalue weighted by Gasteiger charge is 2.12. The summed E-state index contributed by atoms with van der Waals surface area (Å²) in [4.78, 5) is 0. The molecule has 1 rings (SSSR count). The highest BCUT2D eigenvalue weighted by molar-refractivity contribution is 5.61. The van der Waals surface area contributed by atoms with Crippen molar-refractivity contribution in [1.82, 2.24) is 0 Å². The Kier molecular flexibility index (Phi) is 4.01. The summed E-state index contributed by atoms with van der Waals surface area (Å²) in [5.41, 5.74) is 8.87. The predicted molar refractivity (Wildman–Crippen MR) is 65.2 cm³/mol. The van der Waals surface area contributed by atoms with Crippen molar-refractivity contribution < 1.29 is 5.11 Å². The summed E-state index contributed by atoms with van der Waals surface area (Å²) in [5, 5.41) is 9.58. The smallest absolute Gasteiger partial charge is 0.138 e. The largest absolute Gasteiger partial charge is 0.506 e. The average Bonchev–Trinajstić information content (AvgIpc) is 2.19. The van der Waals surface area contributed by atoms with E-state index < -0.39 is 0 Å². The average molecular weight is 207 g/mol. The fourth-order valence-corrected chi connectivity index (χ4v) is 1.84. The molecule has 0 atom stereocenters. The van der Waals surface area contributed by atoms with Gasteiger partial charge >= 0.3 is 0 Å². The van der Waals surface area contributed by atoms with E-state index in [0.29, 0.717) is 11.6 Å². The van der Waals surface area contributed by atoms with Gasteiger partial charge in [-0.1, -0.05) is 33.3 Å². The van der Waals surface area contributed by atoms with Gasteiger partial charge in [0.05, 0.1) is 5.69 Å². The van der Waals surface area contributed by atoms with Crippen LogP contribution < -0.4 is 5.73 Å². The minimum absolute atomic E-state index is 0.213. The maximum Gasteiger partial charge on any atom is 0.138 e. The Morgan fingerprint density at radius 3 is 2.53 bits per heavy atom. The summed E-state index contributed by atoms with van der Waals surface area (Å²) in [6, 6.07) is 3.68. The normalized spacial score (nSPS) is 10.9. The molecular weight excluding hydrogens is 186 g/mol. The molecule has 0 heterocycles. The van der Waals surface area contributed by atoms with Crippen LogP contribution in [-0.2, 0) is 6.42 Å². The van der Waals surface area contributed by atoms with Crippen molar-refractivity contribution in [3.05, 3.63) is 23.3 Å². The summed E-state index contributed by atoms with van der Waals surface area (Å²) in [6.07, 6.45) is 3.23. The van der Waals surface area contributed by atoms with Gasteiger partial charge in [-0.3, -0.25) is 0 Å². The standard InChI is InChI=1S/C13H21NO/c1-4-5-6-11-10(9(2)3)7-8-12(15)13(11)14/h7-9,15H,4-6,14H2,1-3H3. The van der Waals surface area contributed by atoms with Crippen LogP contribution in [0.4, 0.5) is 5.69 Å². The number of phenols is 1. The second kappa shape index (κ2) is 5.06. The van der Waals surface area contributed by atoms with Crippen molar-refractivity contribution in [2.24, 2.45) is 0 Å². The Labute approximate surface area is 92.1 Å². The van der Waals surface area contributed by atoms with Crippen molar-refractivity contribution in [2.45, 2.75) is 46.0 Å². The first-order chi connectivity index (χ1) is 7.07. The van der Waals surface area contributed by atoms with E-state index in [-0.39, 0.29) is 5.75 Å². The lowest BCUT2D eigenvalue weighted by molar-refractivity contribution is 0.476. The van der Waals surface area contributed by atoms with Crippen molar-refractivity contribution in [2.75, 3.05) is 5.73 Å². The van der Waals surface area contributed by atoms with E-state index in [1.807, 2.05) is 6.07 Å². The van der Waals surface area contributed by atoms with Crippen LogP contribution in [0, 0.1) is 0 Å². The van der Waals surface area contributed by atoms with Gasteiger partial charge in [0.1, 0.15) is 5.75 Å². The van der Waals surface area contributed by atoms with Crippen LogP contribution in [-0.4, -0.2) is 5.11 Å². The lowest BCUT2D eigenvalue weighted by atomic mass is 9.92. The molecule has 0 aromatic heterocycles. The summed E-state index contributed by atoms with van der Waals surface area (Å²) in [7, 11) is 0. The first-order valence-corrected chi connectivity index (χ1v) is 5.68. The van der Waals surface area contributed by atoms with Gasteiger partial charge in [-0.25, -0.2) is 0 Å². The molecule has 0 aliphatic heterocycles. The van der Waals surface area contributed by atoms with E-state index in [9.17, 15) is 5.11 Å². The molecule has 0 aliphatic carbocycles. The third kappa shape index (κ3) is 2.65. The molecular formula is C13H21NO. The lowest BCUT2D eigenvalue weighted by Crippen LogP contribution is -2.02. The van der Waals surface area contributed by atoms with Gasteiger partial charge in [0.15, 0.2) is 0 Å². The molecule has 0 unspecified atom stereocenters. The Balaban J connectivity index is 3.10. The minimum Gasteiger partial charge on any atom is -0.506 e. The molecule has 0 spiro atoms. The maximum absolute atomic E-state index is 9.58. The van der Waals surface area contributed by atoms with Crippen LogP contribution in [0.3, 0.4) is 0 Å². The van der Waals surface area contributed by atoms with Crippen molar-refractivity contribution in [3.63, 3.8) is 0 Å². The third-order valence-corrected chi connectivity index (χ3v) is 2.77. The third-order valence-electron chi connectivity index (χ3n) is 2.77. The number of phenolic OH excluding ortho intramolecular Hbond substituents is 1. The van der Waals surface area contributed by atoms with E-state index in [0.717, 1.165) is 24.8 Å². The van der Waals surface area contributed by atoms with E-state index >= 15 is 0 Å². The number of aromatic hydroxyl groups is 1. The van der Waals surface area contributed by atoms with Gasteiger partial charge in [0.25, 0.3) is 0 Å². The Morgan fingerprint density at radius 1 is 1.33 bits per heavy atom. The Morgan fingerprint density at radius 2 is 2.00 bits per heavy atom. The van der Waals surface area contributed by atoms with Crippen molar-refractivity contribution in [3.8, 4) is 5.75 Å². The fourth-order valence-electron chi connectivity index (χ4n) is 1.84. The number of unbranched alkanes of at least 4 members (excludes halogenated alkanes) is 1. The van der Waals surface area contributed by atoms with Crippen LogP contribution >= 0.6 is 0 Å². The lowest BCUT2D eigenvalue weighted by Gasteiger charge is -2.16. The predicted octanol–water partition coefficient (Wildman–Crippen LogP) is 3.44. The molecule has 0 aliphatic rings. The van der Waals surface area contributed by atoms with Gasteiger partial charge in [-0.15, -0.1) is 0 Å². The number of hydrogen-bond acceptors (Lipinski definition) is 2. The summed E-state index contributed by atoms with van der Waals surface area (Å²) >= 11 is 0. The number of anilines is 1. The monoisotopic (exact) mass is 207 g/mol. The van der Waals surface area contributed by atoms with E-state index in [1.54, 1.807) is 6.07 Å². The summed E-state index contributed by atoms with van der Waals surface area (Å²) in [5.74, 6) is 0.672. The molecule has 0 saturated heterocycles. The summed E-state index contributed by atoms with van der Waals surface area (Å²) in [6.45, 7) is 6.47. The highest BCUT2D eigenvalue weighted by atomic mass is 16.3. The quantitative estimate of drug-likeness (QED) is 0.587. The van der Waals surface area contributed by atoms with Gasteiger partial charge in [0.2, 0.25) is 0 Å². The number of nitrogen functional groups attached to an aromatic ring is 1. The highest BCUT2D eigenvalue weighted by Crippen LogP contribution is 2.32. The van der Waals surface area contributed by atoms with E-state index in [2.05, 4.69) is 20.8 Å². The molecule has 15 heavy (non-hydrogen) atoms. The van der Waals surface area contributed by atoms with E-state index in [4.69, 9.17) is 5.73 Å². The fraction of sp³-hybridized carbons (Fsp3) is 0.538. The molecule has 0 fully saturated rings. The molecule has 84 valence electrons. The Hall–Kier alpha value is -1.18. The Bertz CT molecular complexity index is 332. The minimum atomic E-state index is 0.213. The molecule has 0 bridgehead atoms. The van der Waals surface area contributed by atoms with Crippen LogP contribution in [0.2, 0.25) is 0 Å². The number of nitrogens with two attached hydrogens (primary N) is 1. The van der Waals surface area contributed by atoms with Crippen LogP contribution in [0.15, 0.2) is 12.1 Å². The molecule has 3 N–H and O–H groups in total. The second-order valence-electron chi connectivity index (χ2n) is 4.32. The molecule has 1 aromatic carbocycles. The molecule has 0 saturated carbocycles. The SMILES string of the molecule is CCCCc1c(C(C)C)ccc(O)c1N. The van der Waals surface area contributed by atoms with Gasteiger partial charge in [-0.2, -0.15) is 0 Å². The first kappa shape index (κ1) is 11.9. The van der Waals surface area contributed by atoms with Crippen LogP contribution in [0.1, 0.15) is 50.7 Å². The number of hydrogen-bond donors (Lipinski definition) is 2. The van der Waals surface area contributed by atoms with Crippen LogP contribution in [0.25, 0.3) is 0 Å². The zero-order valence-electron chi connectivity index (χ0n) is 9.88. The zero-order chi connectivity index (χ0) is 11.4. The molecule has 0 radical (unpaired) electrons. The molecule has 0 amide bonds. The summed E-state index contributed by atoms with van der Waals surface area (Å²) < 4.78 is 0. The molecule has 1 aromatic rings. The van der Waals surface area contributed by atoms with Crippen LogP contribution in [0.5, 0.6) is 5.75 Å². The second-order valence-corrected chi connectivity index (χ2v) is 4.32. The van der Waals surface area contributed by atoms with Gasteiger partial charge in [-0.05, 0) is 36.0 Å². The van der Waals surface area contributed by atoms with Crippen molar-refractivity contribution in [1.29, 1.82) is 0 Å². The maximum atomic E-state index is 9.58. The number of rotatable bonds is 4.